The van der Waals surface area contributed by atoms with Crippen LogP contribution in [-0.2, 0) is 0 Å². The highest BCUT2D eigenvalue weighted by atomic mass is 16.3. The lowest BCUT2D eigenvalue weighted by molar-refractivity contribution is 0.215. The maximum absolute atomic E-state index is 9.41. The Morgan fingerprint density at radius 2 is 1.88 bits per heavy atom. The Bertz CT molecular complexity index is 404. The van der Waals surface area contributed by atoms with E-state index in [0.29, 0.717) is 0 Å². The Labute approximate surface area is 103 Å². The largest absolute Gasteiger partial charge is 0.394 e. The Balaban J connectivity index is 3.26. The van der Waals surface area contributed by atoms with Gasteiger partial charge in [0, 0.05) is 19.7 Å². The summed E-state index contributed by atoms with van der Waals surface area (Å²) < 4.78 is 0. The number of hydrogen-bond acceptors (Lipinski definition) is 5. The highest BCUT2D eigenvalue weighted by Gasteiger charge is 2.26. The van der Waals surface area contributed by atoms with Crippen LogP contribution in [0.5, 0.6) is 0 Å². The summed E-state index contributed by atoms with van der Waals surface area (Å²) in [6.07, 6.45) is 0. The quantitative estimate of drug-likeness (QED) is 0.829. The molecule has 1 heterocycles. The van der Waals surface area contributed by atoms with E-state index in [1.54, 1.807) is 0 Å². The Morgan fingerprint density at radius 3 is 2.35 bits per heavy atom. The van der Waals surface area contributed by atoms with Gasteiger partial charge in [-0.25, -0.2) is 9.97 Å². The van der Waals surface area contributed by atoms with Crippen molar-refractivity contribution in [2.75, 3.05) is 30.9 Å². The van der Waals surface area contributed by atoms with E-state index in [2.05, 4.69) is 15.3 Å². The summed E-state index contributed by atoms with van der Waals surface area (Å²) in [5.41, 5.74) is 0.637. The fourth-order valence-electron chi connectivity index (χ4n) is 1.58. The first kappa shape index (κ1) is 13.7. The van der Waals surface area contributed by atoms with Crippen molar-refractivity contribution in [2.45, 2.75) is 33.2 Å². The third-order valence-corrected chi connectivity index (χ3v) is 3.08. The van der Waals surface area contributed by atoms with Crippen molar-refractivity contribution in [3.05, 3.63) is 11.4 Å². The van der Waals surface area contributed by atoms with E-state index >= 15 is 0 Å². The van der Waals surface area contributed by atoms with Crippen LogP contribution in [0.2, 0.25) is 0 Å². The van der Waals surface area contributed by atoms with Gasteiger partial charge in [0.25, 0.3) is 0 Å². The number of hydrogen-bond donors (Lipinski definition) is 2. The molecule has 0 saturated carbocycles. The Kier molecular flexibility index (Phi) is 3.93. The molecule has 0 unspecified atom stereocenters. The molecule has 0 fully saturated rings. The number of aromatic nitrogens is 2. The van der Waals surface area contributed by atoms with Crippen molar-refractivity contribution in [1.29, 1.82) is 0 Å². The molecule has 0 bridgehead atoms. The summed E-state index contributed by atoms with van der Waals surface area (Å²) in [6, 6.07) is 0. The average molecular weight is 238 g/mol. The lowest BCUT2D eigenvalue weighted by Crippen LogP contribution is -2.45. The van der Waals surface area contributed by atoms with Crippen LogP contribution < -0.4 is 10.2 Å². The molecule has 96 valence electrons. The van der Waals surface area contributed by atoms with E-state index in [0.717, 1.165) is 23.0 Å². The monoisotopic (exact) mass is 238 g/mol. The van der Waals surface area contributed by atoms with Gasteiger partial charge in [0.05, 0.1) is 12.1 Å². The van der Waals surface area contributed by atoms with E-state index < -0.39 is 0 Å². The summed E-state index contributed by atoms with van der Waals surface area (Å²) in [5.74, 6) is 2.39. The summed E-state index contributed by atoms with van der Waals surface area (Å²) in [4.78, 5) is 10.8. The molecule has 0 aliphatic carbocycles. The van der Waals surface area contributed by atoms with E-state index in [4.69, 9.17) is 0 Å². The molecule has 1 aromatic rings. The van der Waals surface area contributed by atoms with E-state index in [1.165, 1.54) is 0 Å². The van der Waals surface area contributed by atoms with Gasteiger partial charge in [-0.15, -0.1) is 0 Å². The van der Waals surface area contributed by atoms with Gasteiger partial charge in [-0.05, 0) is 27.7 Å². The highest BCUT2D eigenvalue weighted by molar-refractivity contribution is 5.59. The molecular formula is C12H22N4O. The van der Waals surface area contributed by atoms with Gasteiger partial charge in [0.1, 0.15) is 17.5 Å². The van der Waals surface area contributed by atoms with Crippen LogP contribution in [0.4, 0.5) is 11.6 Å². The maximum Gasteiger partial charge on any atom is 0.137 e. The molecular weight excluding hydrogens is 216 g/mol. The number of aliphatic hydroxyl groups is 1. The van der Waals surface area contributed by atoms with Crippen LogP contribution in [0.3, 0.4) is 0 Å². The predicted molar refractivity (Wildman–Crippen MR) is 70.6 cm³/mol. The lowest BCUT2D eigenvalue weighted by atomic mass is 10.0. The fraction of sp³-hybridized carbons (Fsp3) is 0.667. The predicted octanol–water partition coefficient (Wildman–Crippen LogP) is 1.34. The van der Waals surface area contributed by atoms with Crippen molar-refractivity contribution in [3.63, 3.8) is 0 Å². The first-order valence-electron chi connectivity index (χ1n) is 5.71. The average Bonchev–Trinajstić information content (AvgIpc) is 2.30. The van der Waals surface area contributed by atoms with Crippen molar-refractivity contribution < 1.29 is 5.11 Å². The summed E-state index contributed by atoms with van der Waals surface area (Å²) in [6.45, 7) is 7.86. The molecule has 1 rings (SSSR count). The van der Waals surface area contributed by atoms with Gasteiger partial charge in [-0.1, -0.05) is 0 Å². The van der Waals surface area contributed by atoms with Crippen LogP contribution >= 0.6 is 0 Å². The zero-order valence-electron chi connectivity index (χ0n) is 11.5. The fourth-order valence-corrected chi connectivity index (χ4v) is 1.58. The van der Waals surface area contributed by atoms with Crippen molar-refractivity contribution >= 4 is 11.6 Å². The molecule has 5 nitrogen and oxygen atoms in total. The maximum atomic E-state index is 9.41. The van der Waals surface area contributed by atoms with Crippen LogP contribution in [0, 0.1) is 13.8 Å². The topological polar surface area (TPSA) is 61.3 Å². The van der Waals surface area contributed by atoms with Crippen LogP contribution in [-0.4, -0.2) is 41.3 Å². The van der Waals surface area contributed by atoms with E-state index in [1.807, 2.05) is 46.7 Å². The third kappa shape index (κ3) is 2.66. The number of rotatable bonds is 4. The van der Waals surface area contributed by atoms with E-state index in [9.17, 15) is 5.11 Å². The van der Waals surface area contributed by atoms with Gasteiger partial charge in [0.15, 0.2) is 0 Å². The molecule has 0 aliphatic rings. The molecule has 5 heteroatoms. The van der Waals surface area contributed by atoms with Gasteiger partial charge in [0.2, 0.25) is 0 Å². The van der Waals surface area contributed by atoms with Gasteiger partial charge >= 0.3 is 0 Å². The van der Waals surface area contributed by atoms with E-state index in [-0.39, 0.29) is 12.1 Å². The number of anilines is 2. The second-order valence-corrected chi connectivity index (χ2v) is 4.85. The smallest absolute Gasteiger partial charge is 0.137 e. The molecule has 0 radical (unpaired) electrons. The minimum Gasteiger partial charge on any atom is -0.394 e. The molecule has 2 N–H and O–H groups in total. The second kappa shape index (κ2) is 4.87. The van der Waals surface area contributed by atoms with Crippen LogP contribution in [0.1, 0.15) is 25.2 Å². The first-order valence-corrected chi connectivity index (χ1v) is 5.71. The van der Waals surface area contributed by atoms with Crippen molar-refractivity contribution in [2.24, 2.45) is 0 Å². The number of aliphatic hydroxyl groups excluding tert-OH is 1. The molecule has 17 heavy (non-hydrogen) atoms. The minimum atomic E-state index is -0.351. The normalized spacial score (nSPS) is 11.5. The molecule has 0 aliphatic heterocycles. The SMILES string of the molecule is CNc1nc(C)nc(N(C)C(C)(C)CO)c1C. The third-order valence-electron chi connectivity index (χ3n) is 3.08. The Morgan fingerprint density at radius 1 is 1.29 bits per heavy atom. The van der Waals surface area contributed by atoms with Crippen LogP contribution in [0.25, 0.3) is 0 Å². The van der Waals surface area contributed by atoms with Gasteiger partial charge in [-0.3, -0.25) is 0 Å². The number of nitrogens with zero attached hydrogens (tertiary/aromatic N) is 3. The van der Waals surface area contributed by atoms with Crippen molar-refractivity contribution in [3.8, 4) is 0 Å². The molecule has 0 aromatic carbocycles. The first-order chi connectivity index (χ1) is 7.83. The molecule has 1 aromatic heterocycles. The molecule has 0 amide bonds. The summed E-state index contributed by atoms with van der Waals surface area (Å²) in [5, 5.41) is 12.5. The van der Waals surface area contributed by atoms with Gasteiger partial charge < -0.3 is 15.3 Å². The highest BCUT2D eigenvalue weighted by Crippen LogP contribution is 2.27. The number of aryl methyl sites for hydroxylation is 1. The summed E-state index contributed by atoms with van der Waals surface area (Å²) >= 11 is 0. The molecule has 0 spiro atoms. The lowest BCUT2D eigenvalue weighted by Gasteiger charge is -2.36. The minimum absolute atomic E-state index is 0.0703. The molecule has 0 atom stereocenters. The number of likely N-dealkylation sites (N-methyl/N-ethyl adjacent to an activating group) is 1. The summed E-state index contributed by atoms with van der Waals surface area (Å²) in [7, 11) is 3.78. The Hall–Kier alpha value is -1.36. The number of nitrogens with one attached hydrogen (secondary N) is 1. The van der Waals surface area contributed by atoms with Crippen LogP contribution in [0.15, 0.2) is 0 Å². The van der Waals surface area contributed by atoms with Gasteiger partial charge in [-0.2, -0.15) is 0 Å². The zero-order chi connectivity index (χ0) is 13.2. The standard InChI is InChI=1S/C12H22N4O/c1-8-10(13-5)14-9(2)15-11(8)16(6)12(3,4)7-17/h17H,7H2,1-6H3,(H,13,14,15). The second-order valence-electron chi connectivity index (χ2n) is 4.85. The molecule has 0 saturated heterocycles. The zero-order valence-corrected chi connectivity index (χ0v) is 11.5. The van der Waals surface area contributed by atoms with Crippen molar-refractivity contribution in [1.82, 2.24) is 9.97 Å².